The van der Waals surface area contributed by atoms with Crippen LogP contribution in [0.15, 0.2) is 36.5 Å². The lowest BCUT2D eigenvalue weighted by atomic mass is 9.52. The molecule has 2 bridgehead atoms. The molecule has 3 aliphatic rings. The molecule has 2 aromatic rings. The lowest BCUT2D eigenvalue weighted by molar-refractivity contribution is -0.146. The van der Waals surface area contributed by atoms with Crippen molar-refractivity contribution in [1.82, 2.24) is 15.6 Å². The van der Waals surface area contributed by atoms with Gasteiger partial charge >= 0.3 is 6.61 Å². The van der Waals surface area contributed by atoms with Gasteiger partial charge in [0, 0.05) is 11.6 Å². The molecule has 1 aromatic heterocycles. The largest absolute Gasteiger partial charge is 0.484 e. The highest BCUT2D eigenvalue weighted by Crippen LogP contribution is 2.55. The van der Waals surface area contributed by atoms with E-state index in [0.717, 1.165) is 6.07 Å². The third-order valence-electron chi connectivity index (χ3n) is 7.31. The van der Waals surface area contributed by atoms with Gasteiger partial charge in [-0.15, -0.1) is 0 Å². The van der Waals surface area contributed by atoms with E-state index in [9.17, 15) is 22.8 Å². The van der Waals surface area contributed by atoms with Crippen LogP contribution in [0.2, 0.25) is 5.02 Å². The fraction of sp³-hybridized carbons (Fsp3) is 0.480. The zero-order valence-corrected chi connectivity index (χ0v) is 20.4. The van der Waals surface area contributed by atoms with Gasteiger partial charge in [0.25, 0.3) is 5.91 Å². The highest BCUT2D eigenvalue weighted by molar-refractivity contribution is 6.30. The van der Waals surface area contributed by atoms with Crippen molar-refractivity contribution < 1.29 is 32.2 Å². The van der Waals surface area contributed by atoms with Crippen LogP contribution in [0.1, 0.15) is 44.7 Å². The van der Waals surface area contributed by atoms with Crippen LogP contribution in [0.3, 0.4) is 0 Å². The van der Waals surface area contributed by atoms with Crippen LogP contribution >= 0.6 is 11.6 Å². The zero-order valence-electron chi connectivity index (χ0n) is 19.7. The Kier molecular flexibility index (Phi) is 7.63. The van der Waals surface area contributed by atoms with Gasteiger partial charge in [0.05, 0.1) is 28.9 Å². The van der Waals surface area contributed by atoms with Crippen molar-refractivity contribution >= 4 is 23.4 Å². The maximum Gasteiger partial charge on any atom is 0.387 e. The molecule has 36 heavy (non-hydrogen) atoms. The number of carbonyl (C=O) groups excluding carboxylic acids is 2. The number of hydrogen-bond donors (Lipinski definition) is 2. The molecule has 3 aliphatic carbocycles. The lowest BCUT2D eigenvalue weighted by Gasteiger charge is -2.56. The lowest BCUT2D eigenvalue weighted by Crippen LogP contribution is -2.63. The van der Waals surface area contributed by atoms with Crippen molar-refractivity contribution in [3.05, 3.63) is 53.1 Å². The molecule has 1 aromatic carbocycles. The third kappa shape index (κ3) is 5.69. The topological polar surface area (TPSA) is 89.5 Å². The molecule has 1 heterocycles. The second-order valence-corrected chi connectivity index (χ2v) is 9.91. The number of amides is 2. The van der Waals surface area contributed by atoms with E-state index in [-0.39, 0.29) is 47.4 Å². The van der Waals surface area contributed by atoms with Crippen molar-refractivity contribution in [2.75, 3.05) is 6.61 Å². The Morgan fingerprint density at radius 1 is 1.17 bits per heavy atom. The fourth-order valence-electron chi connectivity index (χ4n) is 5.36. The molecule has 3 saturated carbocycles. The Bertz CT molecular complexity index is 1110. The third-order valence-corrected chi connectivity index (χ3v) is 7.62. The number of nitrogens with one attached hydrogen (secondary N) is 2. The van der Waals surface area contributed by atoms with Crippen LogP contribution < -0.4 is 20.1 Å². The first-order chi connectivity index (χ1) is 17.1. The number of carbonyl (C=O) groups is 2. The van der Waals surface area contributed by atoms with Crippen molar-refractivity contribution in [1.29, 1.82) is 0 Å². The minimum absolute atomic E-state index is 0.0229. The van der Waals surface area contributed by atoms with Gasteiger partial charge in [-0.3, -0.25) is 14.6 Å². The quantitative estimate of drug-likeness (QED) is 0.498. The monoisotopic (exact) mass is 525 g/mol. The molecule has 2 amide bonds. The maximum atomic E-state index is 13.6. The van der Waals surface area contributed by atoms with Crippen molar-refractivity contribution in [2.45, 2.75) is 57.7 Å². The number of nitrogens with zero attached hydrogens (tertiary/aromatic N) is 1. The molecular formula is C25H27ClF3N3O4. The van der Waals surface area contributed by atoms with Crippen LogP contribution in [0.25, 0.3) is 0 Å². The summed E-state index contributed by atoms with van der Waals surface area (Å²) in [5, 5.41) is 6.00. The molecule has 194 valence electrons. The highest BCUT2D eigenvalue weighted by Gasteiger charge is 2.56. The van der Waals surface area contributed by atoms with Gasteiger partial charge in [-0.2, -0.15) is 8.78 Å². The Balaban J connectivity index is 1.29. The minimum Gasteiger partial charge on any atom is -0.484 e. The molecule has 0 aliphatic heterocycles. The SMILES string of the molecule is CC1CC2(NC(=O)COc3ccc(Cl)c(F)c3)CCC1(C(=O)NCc1ccc(OC(F)F)cn1)CC2. The smallest absolute Gasteiger partial charge is 0.387 e. The first kappa shape index (κ1) is 26.1. The first-order valence-electron chi connectivity index (χ1n) is 11.7. The average molecular weight is 526 g/mol. The standard InChI is InChI=1S/C25H27ClF3N3O4/c1-15-11-24(32-21(33)14-35-17-4-5-19(26)20(27)10-17)6-8-25(15,9-7-24)22(34)31-12-16-2-3-18(13-30-16)36-23(28)29/h2-5,10,13,15,23H,6-9,11-12,14H2,1H3,(H,31,34)(H,32,33). The van der Waals surface area contributed by atoms with Crippen LogP contribution in [0.5, 0.6) is 11.5 Å². The Hall–Kier alpha value is -3.01. The van der Waals surface area contributed by atoms with Gasteiger partial charge < -0.3 is 20.1 Å². The van der Waals surface area contributed by atoms with E-state index >= 15 is 0 Å². The van der Waals surface area contributed by atoms with Crippen LogP contribution in [-0.4, -0.2) is 35.6 Å². The molecule has 0 saturated heterocycles. The molecular weight excluding hydrogens is 499 g/mol. The van der Waals surface area contributed by atoms with Gasteiger partial charge in [-0.25, -0.2) is 4.39 Å². The number of rotatable bonds is 9. The number of hydrogen-bond acceptors (Lipinski definition) is 5. The van der Waals surface area contributed by atoms with Crippen LogP contribution in [-0.2, 0) is 16.1 Å². The minimum atomic E-state index is -2.92. The van der Waals surface area contributed by atoms with E-state index in [4.69, 9.17) is 16.3 Å². The summed E-state index contributed by atoms with van der Waals surface area (Å²) in [6, 6.07) is 6.90. The van der Waals surface area contributed by atoms with Gasteiger partial charge in [0.15, 0.2) is 6.61 Å². The maximum absolute atomic E-state index is 13.6. The van der Waals surface area contributed by atoms with Crippen molar-refractivity contribution in [2.24, 2.45) is 11.3 Å². The summed E-state index contributed by atoms with van der Waals surface area (Å²) >= 11 is 5.66. The van der Waals surface area contributed by atoms with E-state index in [0.29, 0.717) is 37.8 Å². The predicted octanol–water partition coefficient (Wildman–Crippen LogP) is 4.63. The zero-order chi connectivity index (χ0) is 25.9. The summed E-state index contributed by atoms with van der Waals surface area (Å²) in [6.45, 7) is -0.988. The summed E-state index contributed by atoms with van der Waals surface area (Å²) in [5.41, 5.74) is -0.416. The predicted molar refractivity (Wildman–Crippen MR) is 125 cm³/mol. The molecule has 1 atom stereocenters. The number of halogens is 4. The van der Waals surface area contributed by atoms with Gasteiger partial charge in [0.2, 0.25) is 5.91 Å². The van der Waals surface area contributed by atoms with Crippen LogP contribution in [0, 0.1) is 17.2 Å². The van der Waals surface area contributed by atoms with E-state index in [1.54, 1.807) is 0 Å². The summed E-state index contributed by atoms with van der Waals surface area (Å²) in [6.07, 6.45) is 4.41. The molecule has 0 radical (unpaired) electrons. The van der Waals surface area contributed by atoms with E-state index in [1.807, 2.05) is 6.92 Å². The number of aromatic nitrogens is 1. The van der Waals surface area contributed by atoms with Crippen molar-refractivity contribution in [3.63, 3.8) is 0 Å². The second kappa shape index (κ2) is 10.5. The summed E-state index contributed by atoms with van der Waals surface area (Å²) in [7, 11) is 0. The van der Waals surface area contributed by atoms with Crippen LogP contribution in [0.4, 0.5) is 13.2 Å². The molecule has 5 rings (SSSR count). The van der Waals surface area contributed by atoms with Crippen molar-refractivity contribution in [3.8, 4) is 11.5 Å². The number of benzene rings is 1. The highest BCUT2D eigenvalue weighted by atomic mass is 35.5. The molecule has 7 nitrogen and oxygen atoms in total. The fourth-order valence-corrected chi connectivity index (χ4v) is 5.48. The molecule has 2 N–H and O–H groups in total. The van der Waals surface area contributed by atoms with E-state index < -0.39 is 23.4 Å². The molecule has 11 heteroatoms. The second-order valence-electron chi connectivity index (χ2n) is 9.50. The summed E-state index contributed by atoms with van der Waals surface area (Å²) in [4.78, 5) is 29.8. The molecule has 1 unspecified atom stereocenters. The number of ether oxygens (including phenoxy) is 2. The Morgan fingerprint density at radius 2 is 1.89 bits per heavy atom. The average Bonchev–Trinajstić information content (AvgIpc) is 2.84. The van der Waals surface area contributed by atoms with Gasteiger partial charge in [-0.05, 0) is 62.3 Å². The first-order valence-corrected chi connectivity index (χ1v) is 12.1. The normalized spacial score (nSPS) is 24.9. The van der Waals surface area contributed by atoms with E-state index in [2.05, 4.69) is 20.4 Å². The van der Waals surface area contributed by atoms with Gasteiger partial charge in [-0.1, -0.05) is 18.5 Å². The summed E-state index contributed by atoms with van der Waals surface area (Å²) < 4.78 is 47.8. The number of fused-ring (bicyclic) bond motifs is 3. The number of pyridine rings is 1. The number of alkyl halides is 2. The van der Waals surface area contributed by atoms with Gasteiger partial charge in [0.1, 0.15) is 17.3 Å². The Morgan fingerprint density at radius 3 is 2.50 bits per heavy atom. The summed E-state index contributed by atoms with van der Waals surface area (Å²) in [5.74, 6) is -0.798. The molecule has 3 fully saturated rings. The van der Waals surface area contributed by atoms with E-state index in [1.165, 1.54) is 30.5 Å². The molecule has 0 spiro atoms. The Labute approximate surface area is 211 Å².